The summed E-state index contributed by atoms with van der Waals surface area (Å²) in [6.07, 6.45) is 0. The van der Waals surface area contributed by atoms with E-state index in [4.69, 9.17) is 9.47 Å². The molecular formula is C23H17NO5. The van der Waals surface area contributed by atoms with Gasteiger partial charge in [-0.3, -0.25) is 9.36 Å². The first-order chi connectivity index (χ1) is 14.1. The van der Waals surface area contributed by atoms with Gasteiger partial charge in [-0.05, 0) is 30.3 Å². The maximum absolute atomic E-state index is 13.3. The van der Waals surface area contributed by atoms with Crippen molar-refractivity contribution in [2.24, 2.45) is 0 Å². The second-order valence-corrected chi connectivity index (χ2v) is 6.42. The molecule has 0 atom stereocenters. The quantitative estimate of drug-likeness (QED) is 0.496. The fourth-order valence-corrected chi connectivity index (χ4v) is 3.50. The van der Waals surface area contributed by atoms with E-state index in [9.17, 15) is 14.4 Å². The van der Waals surface area contributed by atoms with Crippen LogP contribution in [0.25, 0.3) is 21.8 Å². The zero-order valence-corrected chi connectivity index (χ0v) is 15.8. The molecule has 0 amide bonds. The summed E-state index contributed by atoms with van der Waals surface area (Å²) < 4.78 is 11.2. The number of hydrogen-bond donors (Lipinski definition) is 0. The molecule has 4 rings (SSSR count). The average molecular weight is 387 g/mol. The lowest BCUT2D eigenvalue weighted by Crippen LogP contribution is -2.14. The minimum Gasteiger partial charge on any atom is -0.465 e. The summed E-state index contributed by atoms with van der Waals surface area (Å²) in [5.41, 5.74) is 1.81. The molecule has 0 saturated carbocycles. The molecule has 0 bridgehead atoms. The van der Waals surface area contributed by atoms with Gasteiger partial charge in [0.1, 0.15) is 0 Å². The van der Waals surface area contributed by atoms with E-state index in [1.165, 1.54) is 20.3 Å². The maximum Gasteiger partial charge on any atom is 0.338 e. The highest BCUT2D eigenvalue weighted by atomic mass is 16.5. The third kappa shape index (κ3) is 2.95. The normalized spacial score (nSPS) is 10.8. The Hall–Kier alpha value is -3.93. The van der Waals surface area contributed by atoms with Gasteiger partial charge in [0, 0.05) is 16.3 Å². The molecule has 3 aromatic carbocycles. The molecule has 144 valence electrons. The first-order valence-electron chi connectivity index (χ1n) is 8.90. The Morgan fingerprint density at radius 3 is 1.93 bits per heavy atom. The highest BCUT2D eigenvalue weighted by Gasteiger charge is 2.24. The number of ether oxygens (including phenoxy) is 2. The molecule has 0 saturated heterocycles. The van der Waals surface area contributed by atoms with E-state index < -0.39 is 11.9 Å². The average Bonchev–Trinajstić information content (AvgIpc) is 3.10. The minimum atomic E-state index is -0.684. The first-order valence-corrected chi connectivity index (χ1v) is 8.90. The van der Waals surface area contributed by atoms with E-state index in [0.29, 0.717) is 22.0 Å². The third-order valence-electron chi connectivity index (χ3n) is 4.85. The van der Waals surface area contributed by atoms with Crippen LogP contribution in [0.1, 0.15) is 31.1 Å². The number of hydrogen-bond acceptors (Lipinski definition) is 5. The lowest BCUT2D eigenvalue weighted by atomic mass is 10.0. The van der Waals surface area contributed by atoms with Gasteiger partial charge in [-0.15, -0.1) is 0 Å². The summed E-state index contributed by atoms with van der Waals surface area (Å²) in [7, 11) is 2.48. The van der Waals surface area contributed by atoms with Gasteiger partial charge >= 0.3 is 11.9 Å². The molecule has 4 aromatic rings. The predicted molar refractivity (Wildman–Crippen MR) is 108 cm³/mol. The van der Waals surface area contributed by atoms with Crippen molar-refractivity contribution in [2.45, 2.75) is 0 Å². The summed E-state index contributed by atoms with van der Waals surface area (Å²) in [5, 5.41) is 1.45. The molecule has 6 heteroatoms. The Balaban J connectivity index is 2.11. The van der Waals surface area contributed by atoms with Gasteiger partial charge in [-0.1, -0.05) is 36.4 Å². The summed E-state index contributed by atoms with van der Waals surface area (Å²) in [6.45, 7) is 0. The standard InChI is InChI=1S/C23H17NO5/c1-28-22(26)17-12-16-15-10-6-7-11-19(15)24(20(16)13-18(17)23(27)29-2)21(25)14-8-4-3-5-9-14/h3-13H,1-2H3. The topological polar surface area (TPSA) is 74.6 Å². The Morgan fingerprint density at radius 1 is 0.690 bits per heavy atom. The van der Waals surface area contributed by atoms with Gasteiger partial charge in [-0.25, -0.2) is 9.59 Å². The summed E-state index contributed by atoms with van der Waals surface area (Å²) in [4.78, 5) is 37.9. The van der Waals surface area contributed by atoms with Crippen LogP contribution in [0.4, 0.5) is 0 Å². The van der Waals surface area contributed by atoms with Gasteiger partial charge in [-0.2, -0.15) is 0 Å². The van der Waals surface area contributed by atoms with Crippen molar-refractivity contribution in [2.75, 3.05) is 14.2 Å². The van der Waals surface area contributed by atoms with Crippen molar-refractivity contribution >= 4 is 39.7 Å². The number of para-hydroxylation sites is 1. The number of methoxy groups -OCH3 is 2. The predicted octanol–water partition coefficient (Wildman–Crippen LogP) is 4.06. The van der Waals surface area contributed by atoms with Gasteiger partial charge in [0.15, 0.2) is 0 Å². The van der Waals surface area contributed by atoms with E-state index in [2.05, 4.69) is 0 Å². The molecule has 0 N–H and O–H groups in total. The Morgan fingerprint density at radius 2 is 1.28 bits per heavy atom. The first kappa shape index (κ1) is 18.4. The van der Waals surface area contributed by atoms with Crippen LogP contribution in [0.3, 0.4) is 0 Å². The number of rotatable bonds is 3. The Kier molecular flexibility index (Phi) is 4.60. The van der Waals surface area contributed by atoms with Crippen molar-refractivity contribution in [3.05, 3.63) is 83.4 Å². The zero-order chi connectivity index (χ0) is 20.5. The molecule has 29 heavy (non-hydrogen) atoms. The van der Waals surface area contributed by atoms with Crippen molar-refractivity contribution in [3.8, 4) is 0 Å². The minimum absolute atomic E-state index is 0.0387. The van der Waals surface area contributed by atoms with E-state index in [1.54, 1.807) is 34.9 Å². The number of esters is 2. The molecule has 0 aliphatic carbocycles. The molecule has 0 fully saturated rings. The number of nitrogens with zero attached hydrogens (tertiary/aromatic N) is 1. The number of benzene rings is 3. The van der Waals surface area contributed by atoms with Crippen LogP contribution in [0, 0.1) is 0 Å². The second-order valence-electron chi connectivity index (χ2n) is 6.42. The van der Waals surface area contributed by atoms with Crippen molar-refractivity contribution in [3.63, 3.8) is 0 Å². The summed E-state index contributed by atoms with van der Waals surface area (Å²) >= 11 is 0. The number of aromatic nitrogens is 1. The van der Waals surface area contributed by atoms with Crippen molar-refractivity contribution < 1.29 is 23.9 Å². The zero-order valence-electron chi connectivity index (χ0n) is 15.8. The smallest absolute Gasteiger partial charge is 0.338 e. The molecule has 6 nitrogen and oxygen atoms in total. The fraction of sp³-hybridized carbons (Fsp3) is 0.0870. The summed E-state index contributed by atoms with van der Waals surface area (Å²) in [5.74, 6) is -1.58. The van der Waals surface area contributed by atoms with Gasteiger partial charge in [0.25, 0.3) is 5.91 Å². The summed E-state index contributed by atoms with van der Waals surface area (Å²) in [6, 6.07) is 19.3. The van der Waals surface area contributed by atoms with Crippen LogP contribution < -0.4 is 0 Å². The monoisotopic (exact) mass is 387 g/mol. The molecule has 1 heterocycles. The van der Waals surface area contributed by atoms with E-state index in [0.717, 1.165) is 5.39 Å². The highest BCUT2D eigenvalue weighted by molar-refractivity contribution is 6.19. The van der Waals surface area contributed by atoms with Crippen LogP contribution in [-0.2, 0) is 9.47 Å². The molecule has 0 unspecified atom stereocenters. The molecule has 0 aliphatic rings. The maximum atomic E-state index is 13.3. The lowest BCUT2D eigenvalue weighted by Gasteiger charge is -2.09. The SMILES string of the molecule is COC(=O)c1cc2c3ccccc3n(C(=O)c3ccccc3)c2cc1C(=O)OC. The Labute approximate surface area is 166 Å². The highest BCUT2D eigenvalue weighted by Crippen LogP contribution is 2.32. The molecule has 1 aromatic heterocycles. The van der Waals surface area contributed by atoms with Gasteiger partial charge in [0.2, 0.25) is 0 Å². The van der Waals surface area contributed by atoms with Crippen LogP contribution in [-0.4, -0.2) is 36.6 Å². The van der Waals surface area contributed by atoms with E-state index in [-0.39, 0.29) is 17.0 Å². The fourth-order valence-electron chi connectivity index (χ4n) is 3.50. The van der Waals surface area contributed by atoms with Crippen molar-refractivity contribution in [1.29, 1.82) is 0 Å². The Bertz CT molecular complexity index is 1270. The number of carbonyl (C=O) groups is 3. The van der Waals surface area contributed by atoms with Crippen LogP contribution in [0.5, 0.6) is 0 Å². The van der Waals surface area contributed by atoms with Crippen LogP contribution in [0.2, 0.25) is 0 Å². The molecule has 0 aliphatic heterocycles. The van der Waals surface area contributed by atoms with Gasteiger partial charge in [0.05, 0.1) is 36.4 Å². The van der Waals surface area contributed by atoms with Crippen LogP contribution in [0.15, 0.2) is 66.7 Å². The number of fused-ring (bicyclic) bond motifs is 3. The largest absolute Gasteiger partial charge is 0.465 e. The third-order valence-corrected chi connectivity index (χ3v) is 4.85. The molecule has 0 spiro atoms. The van der Waals surface area contributed by atoms with E-state index >= 15 is 0 Å². The van der Waals surface area contributed by atoms with Crippen molar-refractivity contribution in [1.82, 2.24) is 4.57 Å². The molecule has 0 radical (unpaired) electrons. The number of carbonyl (C=O) groups excluding carboxylic acids is 3. The van der Waals surface area contributed by atoms with Crippen LogP contribution >= 0.6 is 0 Å². The van der Waals surface area contributed by atoms with Gasteiger partial charge < -0.3 is 9.47 Å². The van der Waals surface area contributed by atoms with E-state index in [1.807, 2.05) is 30.3 Å². The second kappa shape index (κ2) is 7.24. The molecular weight excluding hydrogens is 370 g/mol. The lowest BCUT2D eigenvalue weighted by molar-refractivity contribution is 0.0555.